The van der Waals surface area contributed by atoms with Gasteiger partial charge in [0, 0.05) is 6.04 Å². The van der Waals surface area contributed by atoms with Gasteiger partial charge in [0.25, 0.3) is 0 Å². The fourth-order valence-corrected chi connectivity index (χ4v) is 1.99. The summed E-state index contributed by atoms with van der Waals surface area (Å²) in [5, 5.41) is 0. The minimum Gasteiger partial charge on any atom is -0.302 e. The highest BCUT2D eigenvalue weighted by atomic mass is 35.5. The normalized spacial score (nSPS) is 12.2. The molecule has 0 saturated heterocycles. The van der Waals surface area contributed by atoms with Crippen LogP contribution in [0.4, 0.5) is 0 Å². The maximum Gasteiger partial charge on any atom is 0.0342 e. The van der Waals surface area contributed by atoms with Crippen molar-refractivity contribution in [2.75, 3.05) is 14.1 Å². The molecule has 0 saturated carbocycles. The zero-order valence-electron chi connectivity index (χ0n) is 10.6. The average Bonchev–Trinajstić information content (AvgIpc) is 2.25. The molecule has 1 atom stereocenters. The topological polar surface area (TPSA) is 3.24 Å². The summed E-state index contributed by atoms with van der Waals surface area (Å²) in [4.78, 5) is 2.32. The van der Waals surface area contributed by atoms with Crippen LogP contribution in [0, 0.1) is 0 Å². The van der Waals surface area contributed by atoms with Crippen molar-refractivity contribution >= 4 is 12.4 Å². The molecular formula is C14H24ClN. The lowest BCUT2D eigenvalue weighted by molar-refractivity contribution is 0.277. The monoisotopic (exact) mass is 241 g/mol. The zero-order valence-corrected chi connectivity index (χ0v) is 11.5. The summed E-state index contributed by atoms with van der Waals surface area (Å²) in [5.74, 6) is 0. The number of nitrogens with zero attached hydrogens (tertiary/aromatic N) is 1. The minimum absolute atomic E-state index is 0. The molecule has 0 fully saturated rings. The van der Waals surface area contributed by atoms with Gasteiger partial charge in [0.1, 0.15) is 0 Å². The van der Waals surface area contributed by atoms with Crippen molar-refractivity contribution in [3.05, 3.63) is 35.9 Å². The number of rotatable bonds is 6. The first-order valence-electron chi connectivity index (χ1n) is 5.97. The van der Waals surface area contributed by atoms with Gasteiger partial charge in [-0.1, -0.05) is 56.5 Å². The first-order chi connectivity index (χ1) is 7.25. The van der Waals surface area contributed by atoms with Crippen molar-refractivity contribution in [3.8, 4) is 0 Å². The summed E-state index contributed by atoms with van der Waals surface area (Å²) in [6.07, 6.45) is 5.24. The van der Waals surface area contributed by atoms with Crippen molar-refractivity contribution in [2.24, 2.45) is 0 Å². The van der Waals surface area contributed by atoms with E-state index < -0.39 is 0 Å². The second kappa shape index (κ2) is 8.60. The second-order valence-corrected chi connectivity index (χ2v) is 4.39. The van der Waals surface area contributed by atoms with Crippen LogP contribution in [0.15, 0.2) is 30.3 Å². The molecule has 0 aliphatic carbocycles. The Kier molecular flexibility index (Phi) is 8.32. The van der Waals surface area contributed by atoms with E-state index in [1.54, 1.807) is 0 Å². The highest BCUT2D eigenvalue weighted by molar-refractivity contribution is 5.85. The maximum atomic E-state index is 2.32. The second-order valence-electron chi connectivity index (χ2n) is 4.39. The molecule has 0 aliphatic heterocycles. The van der Waals surface area contributed by atoms with Crippen LogP contribution in [0.25, 0.3) is 0 Å². The van der Waals surface area contributed by atoms with E-state index in [0.29, 0.717) is 6.04 Å². The van der Waals surface area contributed by atoms with Crippen LogP contribution in [-0.2, 0) is 0 Å². The van der Waals surface area contributed by atoms with Gasteiger partial charge in [0.2, 0.25) is 0 Å². The third-order valence-corrected chi connectivity index (χ3v) is 2.89. The van der Waals surface area contributed by atoms with Gasteiger partial charge < -0.3 is 4.90 Å². The predicted molar refractivity (Wildman–Crippen MR) is 74.3 cm³/mol. The molecule has 0 aromatic heterocycles. The van der Waals surface area contributed by atoms with Gasteiger partial charge in [-0.15, -0.1) is 12.4 Å². The molecule has 0 spiro atoms. The SMILES string of the molecule is CCCCCC(c1ccccc1)N(C)C.Cl. The van der Waals surface area contributed by atoms with Crippen LogP contribution in [0.3, 0.4) is 0 Å². The van der Waals surface area contributed by atoms with Crippen molar-refractivity contribution in [1.29, 1.82) is 0 Å². The van der Waals surface area contributed by atoms with Gasteiger partial charge in [-0.3, -0.25) is 0 Å². The van der Waals surface area contributed by atoms with E-state index in [4.69, 9.17) is 0 Å². The van der Waals surface area contributed by atoms with E-state index in [9.17, 15) is 0 Å². The molecule has 1 rings (SSSR count). The Morgan fingerprint density at radius 2 is 1.69 bits per heavy atom. The van der Waals surface area contributed by atoms with Crippen molar-refractivity contribution < 1.29 is 0 Å². The van der Waals surface area contributed by atoms with Crippen LogP contribution >= 0.6 is 12.4 Å². The van der Waals surface area contributed by atoms with Gasteiger partial charge in [0.05, 0.1) is 0 Å². The van der Waals surface area contributed by atoms with Crippen molar-refractivity contribution in [3.63, 3.8) is 0 Å². The Bertz CT molecular complexity index is 259. The van der Waals surface area contributed by atoms with E-state index in [-0.39, 0.29) is 12.4 Å². The first-order valence-corrected chi connectivity index (χ1v) is 5.97. The molecular weight excluding hydrogens is 218 g/mol. The molecule has 0 radical (unpaired) electrons. The summed E-state index contributed by atoms with van der Waals surface area (Å²) < 4.78 is 0. The van der Waals surface area contributed by atoms with Crippen molar-refractivity contribution in [2.45, 2.75) is 38.6 Å². The maximum absolute atomic E-state index is 2.32. The van der Waals surface area contributed by atoms with Crippen LogP contribution in [-0.4, -0.2) is 19.0 Å². The number of hydrogen-bond acceptors (Lipinski definition) is 1. The summed E-state index contributed by atoms with van der Waals surface area (Å²) >= 11 is 0. The van der Waals surface area contributed by atoms with Gasteiger partial charge >= 0.3 is 0 Å². The molecule has 0 bridgehead atoms. The van der Waals surface area contributed by atoms with E-state index in [1.165, 1.54) is 31.2 Å². The molecule has 0 amide bonds. The lowest BCUT2D eigenvalue weighted by Crippen LogP contribution is -2.19. The quantitative estimate of drug-likeness (QED) is 0.672. The molecule has 0 N–H and O–H groups in total. The Hall–Kier alpha value is -0.530. The first kappa shape index (κ1) is 15.5. The van der Waals surface area contributed by atoms with E-state index in [2.05, 4.69) is 56.3 Å². The molecule has 1 nitrogen and oxygen atoms in total. The number of halogens is 1. The third-order valence-electron chi connectivity index (χ3n) is 2.89. The van der Waals surface area contributed by atoms with Crippen LogP contribution in [0.2, 0.25) is 0 Å². The van der Waals surface area contributed by atoms with Crippen LogP contribution in [0.5, 0.6) is 0 Å². The molecule has 0 heterocycles. The lowest BCUT2D eigenvalue weighted by atomic mass is 10.00. The van der Waals surface area contributed by atoms with E-state index >= 15 is 0 Å². The molecule has 0 aliphatic rings. The number of benzene rings is 1. The predicted octanol–water partition coefficient (Wildman–Crippen LogP) is 4.29. The van der Waals surface area contributed by atoms with Crippen LogP contribution < -0.4 is 0 Å². The number of hydrogen-bond donors (Lipinski definition) is 0. The number of unbranched alkanes of at least 4 members (excludes halogenated alkanes) is 2. The Labute approximate surface area is 106 Å². The Balaban J connectivity index is 0.00000225. The lowest BCUT2D eigenvalue weighted by Gasteiger charge is -2.24. The standard InChI is InChI=1S/C14H23N.ClH/c1-4-5-7-12-14(15(2)3)13-10-8-6-9-11-13;/h6,8-11,14H,4-5,7,12H2,1-3H3;1H. The van der Waals surface area contributed by atoms with Gasteiger partial charge in [0.15, 0.2) is 0 Å². The van der Waals surface area contributed by atoms with Gasteiger partial charge in [-0.05, 0) is 26.1 Å². The fraction of sp³-hybridized carbons (Fsp3) is 0.571. The molecule has 16 heavy (non-hydrogen) atoms. The van der Waals surface area contributed by atoms with Gasteiger partial charge in [-0.2, -0.15) is 0 Å². The summed E-state index contributed by atoms with van der Waals surface area (Å²) in [5.41, 5.74) is 1.44. The molecule has 1 aromatic rings. The largest absolute Gasteiger partial charge is 0.302 e. The smallest absolute Gasteiger partial charge is 0.0342 e. The summed E-state index contributed by atoms with van der Waals surface area (Å²) in [7, 11) is 4.34. The third kappa shape index (κ3) is 5.00. The highest BCUT2D eigenvalue weighted by Crippen LogP contribution is 2.23. The average molecular weight is 242 g/mol. The molecule has 1 aromatic carbocycles. The summed E-state index contributed by atoms with van der Waals surface area (Å²) in [6.45, 7) is 2.26. The van der Waals surface area contributed by atoms with E-state index in [0.717, 1.165) is 0 Å². The Morgan fingerprint density at radius 1 is 1.06 bits per heavy atom. The Morgan fingerprint density at radius 3 is 2.19 bits per heavy atom. The zero-order chi connectivity index (χ0) is 11.1. The fourth-order valence-electron chi connectivity index (χ4n) is 1.99. The van der Waals surface area contributed by atoms with Crippen molar-refractivity contribution in [1.82, 2.24) is 4.90 Å². The molecule has 92 valence electrons. The highest BCUT2D eigenvalue weighted by Gasteiger charge is 2.12. The molecule has 2 heteroatoms. The van der Waals surface area contributed by atoms with E-state index in [1.807, 2.05) is 0 Å². The summed E-state index contributed by atoms with van der Waals surface area (Å²) in [6, 6.07) is 11.4. The molecule has 1 unspecified atom stereocenters. The minimum atomic E-state index is 0. The van der Waals surface area contributed by atoms with Crippen LogP contribution in [0.1, 0.15) is 44.2 Å². The van der Waals surface area contributed by atoms with Gasteiger partial charge in [-0.25, -0.2) is 0 Å².